The van der Waals surface area contributed by atoms with Gasteiger partial charge < -0.3 is 29.7 Å². The Balaban J connectivity index is 1.26. The van der Waals surface area contributed by atoms with E-state index in [1.165, 1.54) is 6.42 Å². The summed E-state index contributed by atoms with van der Waals surface area (Å²) in [4.78, 5) is 43.4. The smallest absolute Gasteiger partial charge is 0.246 e. The van der Waals surface area contributed by atoms with Crippen molar-refractivity contribution in [3.63, 3.8) is 0 Å². The van der Waals surface area contributed by atoms with Crippen molar-refractivity contribution in [1.82, 2.24) is 10.2 Å². The van der Waals surface area contributed by atoms with Gasteiger partial charge >= 0.3 is 0 Å². The van der Waals surface area contributed by atoms with E-state index in [-0.39, 0.29) is 29.9 Å². The molecule has 1 aromatic carbocycles. The fraction of sp³-hybridized carbons (Fsp3) is 0.633. The Hall–Kier alpha value is -2.91. The second-order valence-electron chi connectivity index (χ2n) is 11.7. The molecule has 1 spiro atoms. The lowest BCUT2D eigenvalue weighted by molar-refractivity contribution is -0.143. The number of likely N-dealkylation sites (tertiary alicyclic amines) is 1. The van der Waals surface area contributed by atoms with Crippen molar-refractivity contribution in [2.75, 3.05) is 25.1 Å². The van der Waals surface area contributed by atoms with E-state index in [0.717, 1.165) is 37.9 Å². The molecule has 5 aliphatic rings. The van der Waals surface area contributed by atoms with Gasteiger partial charge in [0.15, 0.2) is 0 Å². The normalized spacial score (nSPS) is 36.7. The highest BCUT2D eigenvalue weighted by molar-refractivity contribution is 6.02. The van der Waals surface area contributed by atoms with E-state index < -0.39 is 29.6 Å². The lowest BCUT2D eigenvalue weighted by Gasteiger charge is -2.36. The summed E-state index contributed by atoms with van der Waals surface area (Å²) in [6.07, 6.45) is 9.08. The maximum atomic E-state index is 14.1. The van der Waals surface area contributed by atoms with E-state index in [1.54, 1.807) is 29.2 Å². The van der Waals surface area contributed by atoms with E-state index in [4.69, 9.17) is 14.2 Å². The summed E-state index contributed by atoms with van der Waals surface area (Å²) in [5, 5.41) is 6.24. The molecular formula is C30H39N3O6. The molecule has 6 rings (SSSR count). The predicted octanol–water partition coefficient (Wildman–Crippen LogP) is 3.05. The summed E-state index contributed by atoms with van der Waals surface area (Å²) >= 11 is 0. The Bertz CT molecular complexity index is 1130. The van der Waals surface area contributed by atoms with Crippen molar-refractivity contribution in [2.24, 2.45) is 17.8 Å². The largest absolute Gasteiger partial charge is 0.494 e. The number of carbonyl (C=O) groups is 3. The van der Waals surface area contributed by atoms with Gasteiger partial charge in [0.2, 0.25) is 17.7 Å². The Labute approximate surface area is 229 Å². The highest BCUT2D eigenvalue weighted by Gasteiger charge is 2.73. The van der Waals surface area contributed by atoms with Crippen LogP contribution in [0.3, 0.4) is 0 Å². The van der Waals surface area contributed by atoms with Gasteiger partial charge in [-0.15, -0.1) is 0 Å². The number of ether oxygens (including phenoxy) is 3. The van der Waals surface area contributed by atoms with E-state index in [2.05, 4.69) is 17.6 Å². The molecule has 4 fully saturated rings. The molecule has 2 bridgehead atoms. The zero-order chi connectivity index (χ0) is 27.1. The van der Waals surface area contributed by atoms with Crippen LogP contribution in [-0.2, 0) is 23.9 Å². The van der Waals surface area contributed by atoms with Crippen LogP contribution in [0, 0.1) is 17.8 Å². The van der Waals surface area contributed by atoms with E-state index in [1.807, 2.05) is 19.1 Å². The average Bonchev–Trinajstić information content (AvgIpc) is 3.70. The summed E-state index contributed by atoms with van der Waals surface area (Å²) in [6, 6.07) is 6.40. The molecular weight excluding hydrogens is 498 g/mol. The number of hydrogen-bond acceptors (Lipinski definition) is 6. The molecule has 0 aromatic heterocycles. The predicted molar refractivity (Wildman–Crippen MR) is 144 cm³/mol. The topological polar surface area (TPSA) is 106 Å². The number of rotatable bonds is 8. The molecule has 4 aliphatic heterocycles. The lowest BCUT2D eigenvalue weighted by atomic mass is 9.74. The van der Waals surface area contributed by atoms with Crippen LogP contribution in [0.25, 0.3) is 0 Å². The standard InChI is InChI=1S/C30H39N3O6/c1-3-37-20-12-10-19(11-13-20)31-27(34)24-23-14-15-30(39-23)25(24)29(36)33(17-21-8-6-16-38-21)26(30)28(35)32-22-9-5-4-7-18(22)2/h10-15,18,21-26H,3-9,16-17H2,1-2H3,(H,31,34)(H,32,35)/t18-,21-,22-,23+,24-,25+,26+,30+/m1/s1. The third-order valence-electron chi connectivity index (χ3n) is 9.22. The van der Waals surface area contributed by atoms with E-state index in [9.17, 15) is 14.4 Å². The van der Waals surface area contributed by atoms with Gasteiger partial charge in [0.05, 0.1) is 30.7 Å². The van der Waals surface area contributed by atoms with Crippen LogP contribution in [0.5, 0.6) is 5.75 Å². The number of fused-ring (bicyclic) bond motifs is 1. The van der Waals surface area contributed by atoms with Gasteiger partial charge in [0.1, 0.15) is 17.4 Å². The van der Waals surface area contributed by atoms with E-state index >= 15 is 0 Å². The van der Waals surface area contributed by atoms with Gasteiger partial charge in [-0.2, -0.15) is 0 Å². The van der Waals surface area contributed by atoms with Crippen LogP contribution in [0.4, 0.5) is 5.69 Å². The molecule has 4 heterocycles. The average molecular weight is 538 g/mol. The van der Waals surface area contributed by atoms with Gasteiger partial charge in [-0.05, 0) is 62.8 Å². The summed E-state index contributed by atoms with van der Waals surface area (Å²) in [5.41, 5.74) is -0.546. The number of anilines is 1. The number of carbonyl (C=O) groups excluding carboxylic acids is 3. The highest BCUT2D eigenvalue weighted by Crippen LogP contribution is 2.55. The molecule has 8 atom stereocenters. The molecule has 1 saturated carbocycles. The molecule has 3 amide bonds. The van der Waals surface area contributed by atoms with Crippen LogP contribution < -0.4 is 15.4 Å². The van der Waals surface area contributed by atoms with Crippen LogP contribution in [0.2, 0.25) is 0 Å². The molecule has 9 heteroatoms. The Kier molecular flexibility index (Phi) is 7.14. The first-order chi connectivity index (χ1) is 18.9. The third kappa shape index (κ3) is 4.63. The molecule has 0 unspecified atom stereocenters. The number of benzene rings is 1. The maximum Gasteiger partial charge on any atom is 0.246 e. The van der Waals surface area contributed by atoms with Crippen molar-refractivity contribution in [3.05, 3.63) is 36.4 Å². The Morgan fingerprint density at radius 2 is 1.90 bits per heavy atom. The second kappa shape index (κ2) is 10.6. The summed E-state index contributed by atoms with van der Waals surface area (Å²) < 4.78 is 17.8. The first kappa shape index (κ1) is 26.3. The monoisotopic (exact) mass is 537 g/mol. The minimum atomic E-state index is -1.16. The Morgan fingerprint density at radius 1 is 1.10 bits per heavy atom. The number of nitrogens with zero attached hydrogens (tertiary/aromatic N) is 1. The minimum absolute atomic E-state index is 0.0720. The molecule has 1 aliphatic carbocycles. The number of hydrogen-bond donors (Lipinski definition) is 2. The van der Waals surface area contributed by atoms with Crippen molar-refractivity contribution in [2.45, 2.75) is 82.3 Å². The van der Waals surface area contributed by atoms with Crippen molar-refractivity contribution in [3.8, 4) is 5.75 Å². The van der Waals surface area contributed by atoms with Gasteiger partial charge in [0.25, 0.3) is 0 Å². The van der Waals surface area contributed by atoms with Crippen molar-refractivity contribution < 1.29 is 28.6 Å². The summed E-state index contributed by atoms with van der Waals surface area (Å²) in [6.45, 7) is 5.63. The van der Waals surface area contributed by atoms with Crippen LogP contribution in [0.15, 0.2) is 36.4 Å². The van der Waals surface area contributed by atoms with Crippen LogP contribution in [0.1, 0.15) is 52.4 Å². The van der Waals surface area contributed by atoms with Gasteiger partial charge in [-0.3, -0.25) is 14.4 Å². The first-order valence-electron chi connectivity index (χ1n) is 14.5. The number of nitrogens with one attached hydrogen (secondary N) is 2. The third-order valence-corrected chi connectivity index (χ3v) is 9.22. The molecule has 39 heavy (non-hydrogen) atoms. The maximum absolute atomic E-state index is 14.1. The quantitative estimate of drug-likeness (QED) is 0.494. The number of amides is 3. The van der Waals surface area contributed by atoms with Gasteiger partial charge in [-0.25, -0.2) is 0 Å². The summed E-state index contributed by atoms with van der Waals surface area (Å²) in [5.74, 6) is -1.08. The zero-order valence-electron chi connectivity index (χ0n) is 22.8. The van der Waals surface area contributed by atoms with Gasteiger partial charge in [-0.1, -0.05) is 31.9 Å². The molecule has 1 aromatic rings. The highest BCUT2D eigenvalue weighted by atomic mass is 16.5. The fourth-order valence-electron chi connectivity index (χ4n) is 7.29. The van der Waals surface area contributed by atoms with Crippen LogP contribution in [-0.4, -0.2) is 72.3 Å². The molecule has 3 saturated heterocycles. The molecule has 0 radical (unpaired) electrons. The van der Waals surface area contributed by atoms with E-state index in [0.29, 0.717) is 31.4 Å². The zero-order valence-corrected chi connectivity index (χ0v) is 22.8. The molecule has 2 N–H and O–H groups in total. The Morgan fingerprint density at radius 3 is 2.62 bits per heavy atom. The van der Waals surface area contributed by atoms with Crippen molar-refractivity contribution in [1.29, 1.82) is 0 Å². The minimum Gasteiger partial charge on any atom is -0.494 e. The first-order valence-corrected chi connectivity index (χ1v) is 14.5. The second-order valence-corrected chi connectivity index (χ2v) is 11.7. The van der Waals surface area contributed by atoms with Crippen molar-refractivity contribution >= 4 is 23.4 Å². The van der Waals surface area contributed by atoms with Gasteiger partial charge in [0, 0.05) is 24.9 Å². The lowest BCUT2D eigenvalue weighted by Crippen LogP contribution is -2.58. The molecule has 210 valence electrons. The molecule has 9 nitrogen and oxygen atoms in total. The fourth-order valence-corrected chi connectivity index (χ4v) is 7.29. The van der Waals surface area contributed by atoms with Crippen LogP contribution >= 0.6 is 0 Å². The summed E-state index contributed by atoms with van der Waals surface area (Å²) in [7, 11) is 0. The SMILES string of the molecule is CCOc1ccc(NC(=O)[C@@H]2[C@@H]3C=C[C@]4(O3)[C@@H]2C(=O)N(C[C@H]2CCCO2)[C@H]4C(=O)N[C@@H]2CCCC[C@H]2C)cc1.